The van der Waals surface area contributed by atoms with Crippen molar-refractivity contribution in [3.05, 3.63) is 24.3 Å². The van der Waals surface area contributed by atoms with E-state index in [1.54, 1.807) is 31.3 Å². The molecule has 8 heteroatoms. The number of ether oxygens (including phenoxy) is 1. The normalized spacial score (nSPS) is 11.8. The quantitative estimate of drug-likeness (QED) is 0.225. The van der Waals surface area contributed by atoms with Crippen molar-refractivity contribution < 1.29 is 13.2 Å². The Morgan fingerprint density at radius 3 is 2.27 bits per heavy atom. The predicted molar refractivity (Wildman–Crippen MR) is 119 cm³/mol. The van der Waals surface area contributed by atoms with Gasteiger partial charge in [-0.25, -0.2) is 8.42 Å². The van der Waals surface area contributed by atoms with E-state index in [1.807, 2.05) is 0 Å². The van der Waals surface area contributed by atoms with E-state index in [9.17, 15) is 8.42 Å². The average molecular weight is 497 g/mol. The van der Waals surface area contributed by atoms with Crippen molar-refractivity contribution in [2.24, 2.45) is 10.9 Å². The molecule has 0 amide bonds. The highest BCUT2D eigenvalue weighted by Crippen LogP contribution is 2.15. The van der Waals surface area contributed by atoms with Crippen LogP contribution in [0.1, 0.15) is 33.1 Å². The van der Waals surface area contributed by atoms with E-state index in [0.29, 0.717) is 23.8 Å². The third-order valence-electron chi connectivity index (χ3n) is 3.64. The van der Waals surface area contributed by atoms with Crippen molar-refractivity contribution in [2.45, 2.75) is 38.0 Å². The van der Waals surface area contributed by atoms with Crippen LogP contribution in [0.25, 0.3) is 0 Å². The molecule has 1 aromatic rings. The Bertz CT molecular complexity index is 632. The fourth-order valence-corrected chi connectivity index (χ4v) is 2.86. The van der Waals surface area contributed by atoms with Crippen molar-refractivity contribution in [3.8, 4) is 5.75 Å². The second-order valence-electron chi connectivity index (χ2n) is 6.41. The minimum Gasteiger partial charge on any atom is -0.492 e. The van der Waals surface area contributed by atoms with Gasteiger partial charge in [0.1, 0.15) is 12.4 Å². The summed E-state index contributed by atoms with van der Waals surface area (Å²) in [5, 5.41) is 6.48. The van der Waals surface area contributed by atoms with E-state index in [2.05, 4.69) is 29.5 Å². The zero-order chi connectivity index (χ0) is 18.7. The molecule has 0 spiro atoms. The van der Waals surface area contributed by atoms with Crippen LogP contribution < -0.4 is 15.4 Å². The molecule has 2 N–H and O–H groups in total. The molecular formula is C18H32IN3O3S. The molecule has 1 rings (SSSR count). The van der Waals surface area contributed by atoms with Gasteiger partial charge in [0.2, 0.25) is 0 Å². The molecule has 0 radical (unpaired) electrons. The van der Waals surface area contributed by atoms with Crippen LogP contribution >= 0.6 is 24.0 Å². The van der Waals surface area contributed by atoms with Gasteiger partial charge in [-0.05, 0) is 36.6 Å². The van der Waals surface area contributed by atoms with Gasteiger partial charge in [-0.15, -0.1) is 24.0 Å². The van der Waals surface area contributed by atoms with Crippen molar-refractivity contribution in [1.82, 2.24) is 10.6 Å². The lowest BCUT2D eigenvalue weighted by atomic mass is 10.1. The summed E-state index contributed by atoms with van der Waals surface area (Å²) in [6, 6.07) is 6.43. The van der Waals surface area contributed by atoms with Crippen LogP contribution in [-0.2, 0) is 9.84 Å². The van der Waals surface area contributed by atoms with Gasteiger partial charge in [-0.2, -0.15) is 0 Å². The van der Waals surface area contributed by atoms with Crippen LogP contribution in [0, 0.1) is 5.92 Å². The monoisotopic (exact) mass is 497 g/mol. The van der Waals surface area contributed by atoms with Gasteiger partial charge in [-0.1, -0.05) is 26.7 Å². The molecule has 0 saturated carbocycles. The molecular weight excluding hydrogens is 465 g/mol. The third kappa shape index (κ3) is 10.8. The van der Waals surface area contributed by atoms with E-state index < -0.39 is 9.84 Å². The topological polar surface area (TPSA) is 79.8 Å². The summed E-state index contributed by atoms with van der Waals surface area (Å²) in [4.78, 5) is 4.47. The highest BCUT2D eigenvalue weighted by molar-refractivity contribution is 14.0. The number of halogens is 1. The minimum absolute atomic E-state index is 0. The zero-order valence-electron chi connectivity index (χ0n) is 16.1. The number of hydrogen-bond acceptors (Lipinski definition) is 4. The van der Waals surface area contributed by atoms with Crippen molar-refractivity contribution in [1.29, 1.82) is 0 Å². The van der Waals surface area contributed by atoms with Crippen LogP contribution in [0.2, 0.25) is 0 Å². The molecule has 0 aliphatic carbocycles. The Balaban J connectivity index is 0.00000625. The second kappa shape index (κ2) is 13.2. The maximum atomic E-state index is 11.4. The largest absolute Gasteiger partial charge is 0.492 e. The number of rotatable bonds is 10. The Labute approximate surface area is 175 Å². The summed E-state index contributed by atoms with van der Waals surface area (Å²) in [5.74, 6) is 2.16. The van der Waals surface area contributed by atoms with Gasteiger partial charge in [0.15, 0.2) is 15.8 Å². The molecule has 26 heavy (non-hydrogen) atoms. The number of nitrogens with zero attached hydrogens (tertiary/aromatic N) is 1. The number of benzene rings is 1. The minimum atomic E-state index is -3.17. The van der Waals surface area contributed by atoms with Gasteiger partial charge in [0, 0.05) is 19.8 Å². The second-order valence-corrected chi connectivity index (χ2v) is 8.42. The van der Waals surface area contributed by atoms with Gasteiger partial charge in [-0.3, -0.25) is 4.99 Å². The summed E-state index contributed by atoms with van der Waals surface area (Å²) < 4.78 is 28.4. The summed E-state index contributed by atoms with van der Waals surface area (Å²) >= 11 is 0. The Hall–Kier alpha value is -1.03. The Morgan fingerprint density at radius 2 is 1.73 bits per heavy atom. The van der Waals surface area contributed by atoms with Crippen LogP contribution in [0.15, 0.2) is 34.2 Å². The first kappa shape index (κ1) is 25.0. The first-order valence-corrected chi connectivity index (χ1v) is 10.6. The summed E-state index contributed by atoms with van der Waals surface area (Å²) in [6.07, 6.45) is 4.78. The van der Waals surface area contributed by atoms with Crippen LogP contribution in [0.4, 0.5) is 0 Å². The molecule has 0 unspecified atom stereocenters. The van der Waals surface area contributed by atoms with Crippen LogP contribution in [-0.4, -0.2) is 47.4 Å². The number of sulfone groups is 1. The predicted octanol–water partition coefficient (Wildman–Crippen LogP) is 3.08. The molecule has 1 aromatic carbocycles. The maximum absolute atomic E-state index is 11.4. The maximum Gasteiger partial charge on any atom is 0.191 e. The summed E-state index contributed by atoms with van der Waals surface area (Å²) in [6.45, 7) is 6.46. The highest BCUT2D eigenvalue weighted by Gasteiger charge is 2.06. The van der Waals surface area contributed by atoms with Crippen molar-refractivity contribution in [2.75, 3.05) is 33.0 Å². The number of nitrogens with one attached hydrogen (secondary N) is 2. The molecule has 150 valence electrons. The fourth-order valence-electron chi connectivity index (χ4n) is 2.23. The van der Waals surface area contributed by atoms with E-state index in [-0.39, 0.29) is 24.0 Å². The molecule has 6 nitrogen and oxygen atoms in total. The number of aliphatic imine (C=N–C) groups is 1. The van der Waals surface area contributed by atoms with Crippen LogP contribution in [0.3, 0.4) is 0 Å². The SMILES string of the molecule is CN=C(NCCCCC(C)C)NCCOc1ccc(S(C)(=O)=O)cc1.I. The van der Waals surface area contributed by atoms with Crippen molar-refractivity contribution >= 4 is 39.8 Å². The van der Waals surface area contributed by atoms with E-state index >= 15 is 0 Å². The van der Waals surface area contributed by atoms with Gasteiger partial charge in [0.05, 0.1) is 11.4 Å². The molecule has 0 aliphatic rings. The fraction of sp³-hybridized carbons (Fsp3) is 0.611. The smallest absolute Gasteiger partial charge is 0.191 e. The lowest BCUT2D eigenvalue weighted by Crippen LogP contribution is -2.39. The van der Waals surface area contributed by atoms with E-state index in [0.717, 1.165) is 24.8 Å². The highest BCUT2D eigenvalue weighted by atomic mass is 127. The number of guanidine groups is 1. The summed E-state index contributed by atoms with van der Waals surface area (Å²) in [7, 11) is -1.43. The molecule has 0 heterocycles. The van der Waals surface area contributed by atoms with E-state index in [4.69, 9.17) is 4.74 Å². The first-order valence-electron chi connectivity index (χ1n) is 8.70. The number of unbranched alkanes of at least 4 members (excludes halogenated alkanes) is 1. The molecule has 0 bridgehead atoms. The summed E-state index contributed by atoms with van der Waals surface area (Å²) in [5.41, 5.74) is 0. The molecule has 0 aliphatic heterocycles. The Morgan fingerprint density at radius 1 is 1.12 bits per heavy atom. The Kier molecular flexibility index (Phi) is 12.7. The lowest BCUT2D eigenvalue weighted by molar-refractivity contribution is 0.321. The molecule has 0 fully saturated rings. The standard InChI is InChI=1S/C18H31N3O3S.HI/c1-15(2)7-5-6-12-20-18(19-3)21-13-14-24-16-8-10-17(11-9-16)25(4,22)23;/h8-11,15H,5-7,12-14H2,1-4H3,(H2,19,20,21);1H. The molecule has 0 atom stereocenters. The van der Waals surface area contributed by atoms with Gasteiger partial charge < -0.3 is 15.4 Å². The first-order chi connectivity index (χ1) is 11.8. The average Bonchev–Trinajstić information content (AvgIpc) is 2.55. The van der Waals surface area contributed by atoms with Crippen LogP contribution in [0.5, 0.6) is 5.75 Å². The molecule has 0 aromatic heterocycles. The zero-order valence-corrected chi connectivity index (χ0v) is 19.3. The van der Waals surface area contributed by atoms with Gasteiger partial charge in [0.25, 0.3) is 0 Å². The third-order valence-corrected chi connectivity index (χ3v) is 4.77. The lowest BCUT2D eigenvalue weighted by Gasteiger charge is -2.13. The van der Waals surface area contributed by atoms with E-state index in [1.165, 1.54) is 19.1 Å². The number of hydrogen-bond donors (Lipinski definition) is 2. The van der Waals surface area contributed by atoms with Crippen molar-refractivity contribution in [3.63, 3.8) is 0 Å². The molecule has 0 saturated heterocycles. The van der Waals surface area contributed by atoms with Gasteiger partial charge >= 0.3 is 0 Å².